The van der Waals surface area contributed by atoms with Crippen molar-refractivity contribution < 1.29 is 14.6 Å². The van der Waals surface area contributed by atoms with Crippen molar-refractivity contribution in [2.45, 2.75) is 13.0 Å². The summed E-state index contributed by atoms with van der Waals surface area (Å²) in [6.45, 7) is 3.25. The van der Waals surface area contributed by atoms with Gasteiger partial charge in [0.1, 0.15) is 0 Å². The molecule has 1 fully saturated rings. The van der Waals surface area contributed by atoms with E-state index in [0.29, 0.717) is 31.1 Å². The monoisotopic (exact) mass is 222 g/mol. The van der Waals surface area contributed by atoms with Gasteiger partial charge in [-0.1, -0.05) is 0 Å². The second-order valence-corrected chi connectivity index (χ2v) is 3.68. The molecular formula is C11H14N2O3. The molecule has 1 N–H and O–H groups in total. The molecule has 1 saturated heterocycles. The first-order valence-corrected chi connectivity index (χ1v) is 5.27. The average molecular weight is 222 g/mol. The van der Waals surface area contributed by atoms with Crippen molar-refractivity contribution in [2.24, 2.45) is 0 Å². The van der Waals surface area contributed by atoms with E-state index in [0.717, 1.165) is 0 Å². The Morgan fingerprint density at radius 3 is 2.88 bits per heavy atom. The van der Waals surface area contributed by atoms with E-state index >= 15 is 0 Å². The highest BCUT2D eigenvalue weighted by atomic mass is 16.5. The third kappa shape index (κ3) is 2.14. The molecular weight excluding hydrogens is 208 g/mol. The van der Waals surface area contributed by atoms with Crippen LogP contribution in [0.2, 0.25) is 0 Å². The Hall–Kier alpha value is -1.62. The van der Waals surface area contributed by atoms with Crippen LogP contribution in [0.4, 0.5) is 0 Å². The van der Waals surface area contributed by atoms with Crippen LogP contribution in [0, 0.1) is 0 Å². The third-order valence-corrected chi connectivity index (χ3v) is 2.42. The molecule has 1 amide bonds. The van der Waals surface area contributed by atoms with Crippen LogP contribution in [0.25, 0.3) is 0 Å². The van der Waals surface area contributed by atoms with Crippen LogP contribution in [-0.2, 0) is 0 Å². The minimum absolute atomic E-state index is 0.0964. The summed E-state index contributed by atoms with van der Waals surface area (Å²) in [6, 6.07) is 3.36. The standard InChI is InChI=1S/C11H14N2O3/c1-2-16-10-4-3-8(5-12-10)11(15)13-6-9(14)7-13/h3-5,9,14H,2,6-7H2,1H3. The van der Waals surface area contributed by atoms with Crippen LogP contribution in [0.3, 0.4) is 0 Å². The van der Waals surface area contributed by atoms with Crippen LogP contribution in [0.15, 0.2) is 18.3 Å². The number of nitrogens with zero attached hydrogens (tertiary/aromatic N) is 2. The molecule has 0 bridgehead atoms. The molecule has 1 aromatic rings. The molecule has 1 aromatic heterocycles. The van der Waals surface area contributed by atoms with Gasteiger partial charge in [-0.25, -0.2) is 4.98 Å². The Bertz CT molecular complexity index is 371. The fourth-order valence-corrected chi connectivity index (χ4v) is 1.54. The van der Waals surface area contributed by atoms with Gasteiger partial charge in [0.05, 0.1) is 18.3 Å². The van der Waals surface area contributed by atoms with E-state index in [4.69, 9.17) is 9.84 Å². The van der Waals surface area contributed by atoms with Gasteiger partial charge in [-0.2, -0.15) is 0 Å². The van der Waals surface area contributed by atoms with E-state index in [1.54, 1.807) is 17.0 Å². The lowest BCUT2D eigenvalue weighted by Crippen LogP contribution is -2.53. The normalized spacial score (nSPS) is 15.8. The van der Waals surface area contributed by atoms with Crippen molar-refractivity contribution in [2.75, 3.05) is 19.7 Å². The summed E-state index contributed by atoms with van der Waals surface area (Å²) in [5.74, 6) is 0.420. The number of carbonyl (C=O) groups excluding carboxylic acids is 1. The molecule has 0 aromatic carbocycles. The smallest absolute Gasteiger partial charge is 0.255 e. The number of β-amino-alcohol motifs (C(OH)–C–C–N with tert-alkyl or cyclic N) is 1. The van der Waals surface area contributed by atoms with Gasteiger partial charge < -0.3 is 14.7 Å². The lowest BCUT2D eigenvalue weighted by atomic mass is 10.1. The average Bonchev–Trinajstić information content (AvgIpc) is 2.25. The van der Waals surface area contributed by atoms with Gasteiger partial charge in [0.25, 0.3) is 5.91 Å². The molecule has 0 spiro atoms. The maximum Gasteiger partial charge on any atom is 0.255 e. The molecule has 0 unspecified atom stereocenters. The van der Waals surface area contributed by atoms with E-state index in [2.05, 4.69) is 4.98 Å². The summed E-state index contributed by atoms with van der Waals surface area (Å²) in [6.07, 6.45) is 1.12. The minimum Gasteiger partial charge on any atom is -0.478 e. The number of hydrogen-bond acceptors (Lipinski definition) is 4. The first kappa shape index (κ1) is 10.9. The highest BCUT2D eigenvalue weighted by Gasteiger charge is 2.29. The molecule has 5 nitrogen and oxygen atoms in total. The van der Waals surface area contributed by atoms with Crippen LogP contribution in [0.5, 0.6) is 5.88 Å². The van der Waals surface area contributed by atoms with Gasteiger partial charge in [0, 0.05) is 25.4 Å². The SMILES string of the molecule is CCOc1ccc(C(=O)N2CC(O)C2)cn1. The van der Waals surface area contributed by atoms with Crippen molar-refractivity contribution in [1.82, 2.24) is 9.88 Å². The summed E-state index contributed by atoms with van der Waals surface area (Å²) in [5.41, 5.74) is 0.523. The molecule has 2 rings (SSSR count). The van der Waals surface area contributed by atoms with Gasteiger partial charge in [-0.15, -0.1) is 0 Å². The number of likely N-dealkylation sites (tertiary alicyclic amines) is 1. The van der Waals surface area contributed by atoms with Crippen LogP contribution in [-0.4, -0.2) is 46.7 Å². The summed E-state index contributed by atoms with van der Waals surface area (Å²) >= 11 is 0. The van der Waals surface area contributed by atoms with E-state index in [1.165, 1.54) is 6.20 Å². The Labute approximate surface area is 93.7 Å². The Kier molecular flexibility index (Phi) is 3.05. The molecule has 0 aliphatic carbocycles. The molecule has 0 radical (unpaired) electrons. The number of ether oxygens (including phenoxy) is 1. The second kappa shape index (κ2) is 4.49. The number of hydrogen-bond donors (Lipinski definition) is 1. The minimum atomic E-state index is -0.375. The van der Waals surface area contributed by atoms with Crippen molar-refractivity contribution >= 4 is 5.91 Å². The predicted octanol–water partition coefficient (Wildman–Crippen LogP) is 0.297. The quantitative estimate of drug-likeness (QED) is 0.798. The lowest BCUT2D eigenvalue weighted by Gasteiger charge is -2.35. The summed E-state index contributed by atoms with van der Waals surface area (Å²) in [7, 11) is 0. The Balaban J connectivity index is 2.01. The fraction of sp³-hybridized carbons (Fsp3) is 0.455. The van der Waals surface area contributed by atoms with Gasteiger partial charge in [0.2, 0.25) is 5.88 Å². The van der Waals surface area contributed by atoms with E-state index in [-0.39, 0.29) is 12.0 Å². The van der Waals surface area contributed by atoms with Crippen LogP contribution in [0.1, 0.15) is 17.3 Å². The number of rotatable bonds is 3. The number of aliphatic hydroxyl groups excluding tert-OH is 1. The van der Waals surface area contributed by atoms with Crippen molar-refractivity contribution in [1.29, 1.82) is 0 Å². The largest absolute Gasteiger partial charge is 0.478 e. The fourth-order valence-electron chi connectivity index (χ4n) is 1.54. The number of aromatic nitrogens is 1. The first-order chi connectivity index (χ1) is 7.70. The van der Waals surface area contributed by atoms with Gasteiger partial charge in [-0.05, 0) is 13.0 Å². The van der Waals surface area contributed by atoms with Gasteiger partial charge in [0.15, 0.2) is 0 Å². The number of amides is 1. The Morgan fingerprint density at radius 2 is 2.38 bits per heavy atom. The highest BCUT2D eigenvalue weighted by molar-refractivity contribution is 5.94. The van der Waals surface area contributed by atoms with Gasteiger partial charge in [-0.3, -0.25) is 4.79 Å². The van der Waals surface area contributed by atoms with Crippen LogP contribution < -0.4 is 4.74 Å². The van der Waals surface area contributed by atoms with Crippen molar-refractivity contribution in [3.63, 3.8) is 0 Å². The molecule has 16 heavy (non-hydrogen) atoms. The lowest BCUT2D eigenvalue weighted by molar-refractivity contribution is 0.00586. The molecule has 1 aliphatic rings. The van der Waals surface area contributed by atoms with Gasteiger partial charge >= 0.3 is 0 Å². The topological polar surface area (TPSA) is 62.7 Å². The summed E-state index contributed by atoms with van der Waals surface area (Å²) < 4.78 is 5.18. The van der Waals surface area contributed by atoms with Crippen molar-refractivity contribution in [3.8, 4) is 5.88 Å². The molecule has 1 aliphatic heterocycles. The Morgan fingerprint density at radius 1 is 1.62 bits per heavy atom. The van der Waals surface area contributed by atoms with Crippen molar-refractivity contribution in [3.05, 3.63) is 23.9 Å². The van der Waals surface area contributed by atoms with E-state index in [9.17, 15) is 4.79 Å². The van der Waals surface area contributed by atoms with E-state index < -0.39 is 0 Å². The number of carbonyl (C=O) groups is 1. The highest BCUT2D eigenvalue weighted by Crippen LogP contribution is 2.14. The number of pyridine rings is 1. The van der Waals surface area contributed by atoms with E-state index in [1.807, 2.05) is 6.92 Å². The second-order valence-electron chi connectivity index (χ2n) is 3.68. The third-order valence-electron chi connectivity index (χ3n) is 2.42. The molecule has 0 atom stereocenters. The summed E-state index contributed by atoms with van der Waals surface area (Å²) in [4.78, 5) is 17.4. The maximum absolute atomic E-state index is 11.8. The summed E-state index contributed by atoms with van der Waals surface area (Å²) in [5, 5.41) is 9.10. The molecule has 5 heteroatoms. The number of aliphatic hydroxyl groups is 1. The van der Waals surface area contributed by atoms with Crippen LogP contribution >= 0.6 is 0 Å². The zero-order valence-electron chi connectivity index (χ0n) is 9.09. The zero-order chi connectivity index (χ0) is 11.5. The first-order valence-electron chi connectivity index (χ1n) is 5.27. The molecule has 2 heterocycles. The maximum atomic E-state index is 11.8. The molecule has 0 saturated carbocycles. The molecule has 86 valence electrons. The predicted molar refractivity (Wildman–Crippen MR) is 57.3 cm³/mol. The zero-order valence-corrected chi connectivity index (χ0v) is 9.09.